The van der Waals surface area contributed by atoms with Crippen molar-refractivity contribution in [1.82, 2.24) is 14.8 Å². The van der Waals surface area contributed by atoms with E-state index in [4.69, 9.17) is 0 Å². The van der Waals surface area contributed by atoms with E-state index in [1.807, 2.05) is 6.92 Å². The van der Waals surface area contributed by atoms with E-state index in [-0.39, 0.29) is 4.47 Å². The molecule has 0 bridgehead atoms. The minimum Gasteiger partial charge on any atom is -0.380 e. The topological polar surface area (TPSA) is 50.9 Å². The van der Waals surface area contributed by atoms with Crippen molar-refractivity contribution < 1.29 is 9.50 Å². The summed E-state index contributed by atoms with van der Waals surface area (Å²) in [4.78, 5) is 3.99. The maximum absolute atomic E-state index is 13.4. The number of benzene rings is 1. The van der Waals surface area contributed by atoms with E-state index < -0.39 is 11.9 Å². The quantitative estimate of drug-likeness (QED) is 0.946. The van der Waals surface area contributed by atoms with E-state index in [2.05, 4.69) is 26.0 Å². The molecule has 2 aromatic rings. The standard InChI is InChI=1S/C11H11BrFN3O/c1-2-16-11(14-6-15-16)10(17)7-4-3-5-8(13)9(7)12/h3-6,10,17H,2H2,1H3. The molecule has 17 heavy (non-hydrogen) atoms. The molecule has 1 aromatic heterocycles. The van der Waals surface area contributed by atoms with Gasteiger partial charge < -0.3 is 5.11 Å². The van der Waals surface area contributed by atoms with Gasteiger partial charge in [-0.05, 0) is 28.9 Å². The predicted octanol–water partition coefficient (Wildman–Crippen LogP) is 2.28. The van der Waals surface area contributed by atoms with Crippen LogP contribution in [0.1, 0.15) is 24.4 Å². The van der Waals surface area contributed by atoms with Gasteiger partial charge in [0, 0.05) is 12.1 Å². The van der Waals surface area contributed by atoms with Crippen molar-refractivity contribution in [2.75, 3.05) is 0 Å². The summed E-state index contributed by atoms with van der Waals surface area (Å²) >= 11 is 3.12. The highest BCUT2D eigenvalue weighted by Gasteiger charge is 2.20. The highest BCUT2D eigenvalue weighted by molar-refractivity contribution is 9.10. The molecular weight excluding hydrogens is 289 g/mol. The highest BCUT2D eigenvalue weighted by atomic mass is 79.9. The van der Waals surface area contributed by atoms with Crippen molar-refractivity contribution >= 4 is 15.9 Å². The normalized spacial score (nSPS) is 12.7. The number of hydrogen-bond donors (Lipinski definition) is 1. The van der Waals surface area contributed by atoms with Gasteiger partial charge in [-0.1, -0.05) is 12.1 Å². The van der Waals surface area contributed by atoms with Crippen LogP contribution in [0.2, 0.25) is 0 Å². The van der Waals surface area contributed by atoms with Gasteiger partial charge in [0.2, 0.25) is 0 Å². The third-order valence-electron chi connectivity index (χ3n) is 2.47. The van der Waals surface area contributed by atoms with E-state index in [1.54, 1.807) is 16.8 Å². The van der Waals surface area contributed by atoms with Crippen LogP contribution < -0.4 is 0 Å². The summed E-state index contributed by atoms with van der Waals surface area (Å²) < 4.78 is 15.2. The fraction of sp³-hybridized carbons (Fsp3) is 0.273. The minimum atomic E-state index is -0.998. The molecule has 0 aliphatic heterocycles. The van der Waals surface area contributed by atoms with Crippen molar-refractivity contribution in [2.24, 2.45) is 0 Å². The SMILES string of the molecule is CCn1ncnc1C(O)c1cccc(F)c1Br. The Bertz CT molecular complexity index is 529. The van der Waals surface area contributed by atoms with Crippen LogP contribution in [0.25, 0.3) is 0 Å². The summed E-state index contributed by atoms with van der Waals surface area (Å²) in [6.07, 6.45) is 0.373. The zero-order valence-electron chi connectivity index (χ0n) is 9.14. The van der Waals surface area contributed by atoms with Crippen LogP contribution in [-0.2, 0) is 6.54 Å². The lowest BCUT2D eigenvalue weighted by molar-refractivity contribution is 0.201. The first-order chi connectivity index (χ1) is 8.15. The van der Waals surface area contributed by atoms with Crippen LogP contribution in [0.5, 0.6) is 0 Å². The van der Waals surface area contributed by atoms with Crippen molar-refractivity contribution in [3.8, 4) is 0 Å². The maximum atomic E-state index is 13.4. The van der Waals surface area contributed by atoms with Crippen LogP contribution in [0, 0.1) is 5.82 Å². The monoisotopic (exact) mass is 299 g/mol. The number of aromatic nitrogens is 3. The third kappa shape index (κ3) is 2.23. The molecule has 0 spiro atoms. The van der Waals surface area contributed by atoms with Gasteiger partial charge in [-0.3, -0.25) is 0 Å². The third-order valence-corrected chi connectivity index (χ3v) is 3.30. The van der Waals surface area contributed by atoms with Gasteiger partial charge in [0.25, 0.3) is 0 Å². The van der Waals surface area contributed by atoms with Gasteiger partial charge in [-0.15, -0.1) is 0 Å². The molecule has 0 fully saturated rings. The van der Waals surface area contributed by atoms with E-state index in [1.165, 1.54) is 12.4 Å². The molecule has 0 aliphatic carbocycles. The molecule has 4 nitrogen and oxygen atoms in total. The lowest BCUT2D eigenvalue weighted by Gasteiger charge is -2.13. The van der Waals surface area contributed by atoms with Gasteiger partial charge in [-0.2, -0.15) is 5.10 Å². The smallest absolute Gasteiger partial charge is 0.160 e. The summed E-state index contributed by atoms with van der Waals surface area (Å²) in [6, 6.07) is 4.52. The molecule has 1 N–H and O–H groups in total. The zero-order chi connectivity index (χ0) is 12.4. The number of halogens is 2. The lowest BCUT2D eigenvalue weighted by Crippen LogP contribution is -2.11. The Morgan fingerprint density at radius 2 is 2.29 bits per heavy atom. The summed E-state index contributed by atoms with van der Waals surface area (Å²) in [5.74, 6) is -0.0112. The number of aliphatic hydroxyl groups is 1. The van der Waals surface area contributed by atoms with Crippen molar-refractivity contribution in [3.05, 3.63) is 46.2 Å². The van der Waals surface area contributed by atoms with Crippen LogP contribution >= 0.6 is 15.9 Å². The fourth-order valence-corrected chi connectivity index (χ4v) is 2.08. The first-order valence-electron chi connectivity index (χ1n) is 5.14. The largest absolute Gasteiger partial charge is 0.380 e. The Kier molecular flexibility index (Phi) is 3.54. The molecule has 2 rings (SSSR count). The second-order valence-corrected chi connectivity index (χ2v) is 4.27. The first-order valence-corrected chi connectivity index (χ1v) is 5.94. The number of rotatable bonds is 3. The van der Waals surface area contributed by atoms with Gasteiger partial charge in [0.05, 0.1) is 4.47 Å². The van der Waals surface area contributed by atoms with E-state index in [9.17, 15) is 9.50 Å². The Morgan fingerprint density at radius 3 is 3.00 bits per heavy atom. The molecule has 1 aromatic carbocycles. The molecule has 0 saturated heterocycles. The zero-order valence-corrected chi connectivity index (χ0v) is 10.7. The molecule has 0 saturated carbocycles. The van der Waals surface area contributed by atoms with Gasteiger partial charge in [-0.25, -0.2) is 14.1 Å². The van der Waals surface area contributed by atoms with E-state index in [0.29, 0.717) is 17.9 Å². The second kappa shape index (κ2) is 4.93. The number of hydrogen-bond acceptors (Lipinski definition) is 3. The molecule has 90 valence electrons. The van der Waals surface area contributed by atoms with Crippen LogP contribution in [0.4, 0.5) is 4.39 Å². The summed E-state index contributed by atoms with van der Waals surface area (Å²) in [6.45, 7) is 2.49. The Morgan fingerprint density at radius 1 is 1.53 bits per heavy atom. The Hall–Kier alpha value is -1.27. The first kappa shape index (κ1) is 12.2. The molecule has 1 unspecified atom stereocenters. The molecule has 1 heterocycles. The predicted molar refractivity (Wildman–Crippen MR) is 63.9 cm³/mol. The molecule has 6 heteroatoms. The van der Waals surface area contributed by atoms with Crippen molar-refractivity contribution in [1.29, 1.82) is 0 Å². The highest BCUT2D eigenvalue weighted by Crippen LogP contribution is 2.29. The molecule has 0 radical (unpaired) electrons. The Labute approximate surface area is 106 Å². The molecule has 0 amide bonds. The lowest BCUT2D eigenvalue weighted by atomic mass is 10.1. The number of aryl methyl sites for hydroxylation is 1. The molecule has 1 atom stereocenters. The van der Waals surface area contributed by atoms with E-state index >= 15 is 0 Å². The second-order valence-electron chi connectivity index (χ2n) is 3.48. The van der Waals surface area contributed by atoms with Crippen LogP contribution in [0.3, 0.4) is 0 Å². The minimum absolute atomic E-state index is 0.248. The molecular formula is C11H11BrFN3O. The Balaban J connectivity index is 2.44. The van der Waals surface area contributed by atoms with Gasteiger partial charge in [0.1, 0.15) is 18.2 Å². The average Bonchev–Trinajstić information content (AvgIpc) is 2.80. The summed E-state index contributed by atoms with van der Waals surface area (Å²) in [7, 11) is 0. The summed E-state index contributed by atoms with van der Waals surface area (Å²) in [5, 5.41) is 14.1. The molecule has 0 aliphatic rings. The maximum Gasteiger partial charge on any atom is 0.160 e. The van der Waals surface area contributed by atoms with Crippen molar-refractivity contribution in [3.63, 3.8) is 0 Å². The number of aliphatic hydroxyl groups excluding tert-OH is 1. The van der Waals surface area contributed by atoms with Crippen LogP contribution in [-0.4, -0.2) is 19.9 Å². The van der Waals surface area contributed by atoms with Gasteiger partial charge in [0.15, 0.2) is 5.82 Å². The van der Waals surface area contributed by atoms with Gasteiger partial charge >= 0.3 is 0 Å². The summed E-state index contributed by atoms with van der Waals surface area (Å²) in [5.41, 5.74) is 0.438. The van der Waals surface area contributed by atoms with Crippen molar-refractivity contribution in [2.45, 2.75) is 19.6 Å². The van der Waals surface area contributed by atoms with E-state index in [0.717, 1.165) is 0 Å². The fourth-order valence-electron chi connectivity index (χ4n) is 1.60. The number of nitrogens with zero attached hydrogens (tertiary/aromatic N) is 3. The average molecular weight is 300 g/mol. The van der Waals surface area contributed by atoms with Crippen LogP contribution in [0.15, 0.2) is 29.0 Å².